The van der Waals surface area contributed by atoms with Crippen molar-refractivity contribution in [3.8, 4) is 0 Å². The lowest BCUT2D eigenvalue weighted by Gasteiger charge is -2.32. The summed E-state index contributed by atoms with van der Waals surface area (Å²) in [7, 11) is 2.10. The van der Waals surface area contributed by atoms with Gasteiger partial charge in [0, 0.05) is 6.04 Å². The van der Waals surface area contributed by atoms with E-state index in [2.05, 4.69) is 49.8 Å². The molecule has 1 aromatic carbocycles. The molecule has 0 spiro atoms. The Labute approximate surface area is 116 Å². The summed E-state index contributed by atoms with van der Waals surface area (Å²) in [5, 5.41) is 3.53. The first-order valence-electron chi connectivity index (χ1n) is 7.03. The van der Waals surface area contributed by atoms with Crippen LogP contribution in [0.3, 0.4) is 0 Å². The van der Waals surface area contributed by atoms with Gasteiger partial charge in [-0.1, -0.05) is 37.6 Å². The highest BCUT2D eigenvalue weighted by molar-refractivity contribution is 7.98. The van der Waals surface area contributed by atoms with E-state index >= 15 is 0 Å². The maximum absolute atomic E-state index is 3.53. The number of thioether (sulfide) groups is 1. The van der Waals surface area contributed by atoms with Crippen LogP contribution in [0.5, 0.6) is 0 Å². The number of rotatable bonds is 6. The summed E-state index contributed by atoms with van der Waals surface area (Å²) in [5.41, 5.74) is 3.13. The fourth-order valence-electron chi connectivity index (χ4n) is 2.99. The Morgan fingerprint density at radius 3 is 2.61 bits per heavy atom. The summed E-state index contributed by atoms with van der Waals surface area (Å²) in [6.07, 6.45) is 6.36. The van der Waals surface area contributed by atoms with Gasteiger partial charge < -0.3 is 5.32 Å². The molecule has 2 atom stereocenters. The third kappa shape index (κ3) is 2.92. The van der Waals surface area contributed by atoms with E-state index in [1.165, 1.54) is 30.6 Å². The maximum Gasteiger partial charge on any atom is 0.0354 e. The Hall–Kier alpha value is -0.470. The van der Waals surface area contributed by atoms with Gasteiger partial charge in [0.15, 0.2) is 0 Å². The van der Waals surface area contributed by atoms with Crippen molar-refractivity contribution >= 4 is 11.8 Å². The molecule has 100 valence electrons. The van der Waals surface area contributed by atoms with Crippen molar-refractivity contribution in [2.75, 3.05) is 19.1 Å². The van der Waals surface area contributed by atoms with Crippen molar-refractivity contribution in [2.24, 2.45) is 5.92 Å². The Balaban J connectivity index is 2.23. The van der Waals surface area contributed by atoms with Gasteiger partial charge in [-0.2, -0.15) is 11.8 Å². The minimum absolute atomic E-state index is 0.495. The van der Waals surface area contributed by atoms with Gasteiger partial charge in [-0.15, -0.1) is 0 Å². The van der Waals surface area contributed by atoms with Crippen LogP contribution < -0.4 is 5.32 Å². The van der Waals surface area contributed by atoms with Gasteiger partial charge in [0.1, 0.15) is 0 Å². The van der Waals surface area contributed by atoms with Gasteiger partial charge in [-0.05, 0) is 54.9 Å². The summed E-state index contributed by atoms with van der Waals surface area (Å²) < 4.78 is 0. The molecule has 1 nitrogen and oxygen atoms in total. The quantitative estimate of drug-likeness (QED) is 0.825. The normalized spacial score (nSPS) is 19.3. The molecule has 1 fully saturated rings. The number of nitrogens with one attached hydrogen (secondary N) is 1. The minimum atomic E-state index is 0.495. The Morgan fingerprint density at radius 1 is 1.33 bits per heavy atom. The molecule has 1 aliphatic rings. The molecule has 0 amide bonds. The highest BCUT2D eigenvalue weighted by Gasteiger charge is 2.26. The van der Waals surface area contributed by atoms with E-state index in [0.29, 0.717) is 12.0 Å². The van der Waals surface area contributed by atoms with E-state index < -0.39 is 0 Å². The van der Waals surface area contributed by atoms with Gasteiger partial charge >= 0.3 is 0 Å². The van der Waals surface area contributed by atoms with Gasteiger partial charge in [0.2, 0.25) is 0 Å². The number of hydrogen-bond donors (Lipinski definition) is 1. The topological polar surface area (TPSA) is 12.0 Å². The van der Waals surface area contributed by atoms with Crippen LogP contribution >= 0.6 is 11.8 Å². The average molecular weight is 263 g/mol. The van der Waals surface area contributed by atoms with E-state index in [4.69, 9.17) is 0 Å². The lowest BCUT2D eigenvalue weighted by atomic mass is 9.76. The van der Waals surface area contributed by atoms with E-state index in [1.54, 1.807) is 5.56 Å². The lowest BCUT2D eigenvalue weighted by Crippen LogP contribution is -2.27. The van der Waals surface area contributed by atoms with E-state index in [-0.39, 0.29) is 0 Å². The van der Waals surface area contributed by atoms with Crippen LogP contribution in [0.1, 0.15) is 49.3 Å². The summed E-state index contributed by atoms with van der Waals surface area (Å²) in [4.78, 5) is 0. The van der Waals surface area contributed by atoms with Crippen LogP contribution in [0.4, 0.5) is 0 Å². The van der Waals surface area contributed by atoms with Crippen LogP contribution in [0.2, 0.25) is 0 Å². The zero-order valence-corrected chi connectivity index (χ0v) is 12.6. The molecule has 0 radical (unpaired) electrons. The molecular weight excluding hydrogens is 238 g/mol. The van der Waals surface area contributed by atoms with Gasteiger partial charge in [-0.25, -0.2) is 0 Å². The van der Waals surface area contributed by atoms with E-state index in [9.17, 15) is 0 Å². The molecule has 2 unspecified atom stereocenters. The zero-order chi connectivity index (χ0) is 13.0. The molecule has 2 heteroatoms. The summed E-state index contributed by atoms with van der Waals surface area (Å²) in [6, 6.07) is 9.55. The first-order valence-corrected chi connectivity index (χ1v) is 8.42. The van der Waals surface area contributed by atoms with Crippen LogP contribution in [0, 0.1) is 5.92 Å². The lowest BCUT2D eigenvalue weighted by molar-refractivity contribution is 0.399. The van der Waals surface area contributed by atoms with Gasteiger partial charge in [0.25, 0.3) is 0 Å². The predicted molar refractivity (Wildman–Crippen MR) is 82.4 cm³/mol. The molecule has 0 aromatic heterocycles. The number of benzene rings is 1. The van der Waals surface area contributed by atoms with E-state index in [1.807, 2.05) is 11.8 Å². The molecule has 1 aromatic rings. The average Bonchev–Trinajstić information content (AvgIpc) is 2.30. The molecule has 0 aliphatic heterocycles. The standard InChI is InChI=1S/C16H25NS/c1-12(11-18-3)16(17-2)15-10-5-4-9-14(15)13-7-6-8-13/h4-5,9-10,12-13,16-17H,6-8,11H2,1-3H3. The largest absolute Gasteiger partial charge is 0.313 e. The summed E-state index contributed by atoms with van der Waals surface area (Å²) in [5.74, 6) is 2.70. The highest BCUT2D eigenvalue weighted by Crippen LogP contribution is 2.40. The van der Waals surface area contributed by atoms with Crippen molar-refractivity contribution in [1.29, 1.82) is 0 Å². The second kappa shape index (κ2) is 6.63. The predicted octanol–water partition coefficient (Wildman–Crippen LogP) is 4.21. The summed E-state index contributed by atoms with van der Waals surface area (Å²) >= 11 is 1.94. The van der Waals surface area contributed by atoms with Crippen molar-refractivity contribution in [3.05, 3.63) is 35.4 Å². The minimum Gasteiger partial charge on any atom is -0.313 e. The molecule has 18 heavy (non-hydrogen) atoms. The van der Waals surface area contributed by atoms with Crippen LogP contribution in [-0.2, 0) is 0 Å². The zero-order valence-electron chi connectivity index (χ0n) is 11.8. The van der Waals surface area contributed by atoms with Gasteiger partial charge in [0.05, 0.1) is 0 Å². The van der Waals surface area contributed by atoms with Crippen molar-refractivity contribution in [2.45, 2.75) is 38.1 Å². The third-order valence-corrected chi connectivity index (χ3v) is 5.04. The fraction of sp³-hybridized carbons (Fsp3) is 0.625. The SMILES string of the molecule is CNC(c1ccccc1C1CCC1)C(C)CSC. The second-order valence-corrected chi connectivity index (χ2v) is 6.37. The molecule has 0 bridgehead atoms. The van der Waals surface area contributed by atoms with Crippen LogP contribution in [-0.4, -0.2) is 19.1 Å². The molecule has 2 rings (SSSR count). The Morgan fingerprint density at radius 2 is 2.06 bits per heavy atom. The Kier molecular flexibility index (Phi) is 5.13. The molecule has 1 saturated carbocycles. The fourth-order valence-corrected chi connectivity index (χ4v) is 3.71. The third-order valence-electron chi connectivity index (χ3n) is 4.19. The van der Waals surface area contributed by atoms with Crippen molar-refractivity contribution in [1.82, 2.24) is 5.32 Å². The summed E-state index contributed by atoms with van der Waals surface area (Å²) in [6.45, 7) is 2.36. The maximum atomic E-state index is 3.53. The van der Waals surface area contributed by atoms with E-state index in [0.717, 1.165) is 5.92 Å². The monoisotopic (exact) mass is 263 g/mol. The highest BCUT2D eigenvalue weighted by atomic mass is 32.2. The van der Waals surface area contributed by atoms with Crippen molar-refractivity contribution in [3.63, 3.8) is 0 Å². The first kappa shape index (κ1) is 14.0. The molecule has 0 saturated heterocycles. The molecule has 0 heterocycles. The molecule has 1 aliphatic carbocycles. The molecular formula is C16H25NS. The number of hydrogen-bond acceptors (Lipinski definition) is 2. The van der Waals surface area contributed by atoms with Crippen LogP contribution in [0.15, 0.2) is 24.3 Å². The van der Waals surface area contributed by atoms with Crippen molar-refractivity contribution < 1.29 is 0 Å². The van der Waals surface area contributed by atoms with Gasteiger partial charge in [-0.3, -0.25) is 0 Å². The molecule has 1 N–H and O–H groups in total. The second-order valence-electron chi connectivity index (χ2n) is 5.46. The Bertz CT molecular complexity index is 373. The van der Waals surface area contributed by atoms with Crippen LogP contribution in [0.25, 0.3) is 0 Å². The smallest absolute Gasteiger partial charge is 0.0354 e. The first-order chi connectivity index (χ1) is 8.77.